The standard InChI is InChI=1S/C25H30N4O4S.C4F6O2/c1-25(2,3)29-23(30)14-22(34(29,31)32)18-7-5-16(6-8-18)13-20(26)24-27-15-21(28-24)17-9-11-19(33-4)12-10-17;5-3(6,7)1(11)2(12)4(8,9)10/h5-12,15,20,22H,13-14,26H2,1-4H3,(H,27,28);. The smallest absolute Gasteiger partial charge is 0.458 e. The number of nitrogens with one attached hydrogen (secondary N) is 1. The minimum atomic E-state index is -5.77. The van der Waals surface area contributed by atoms with Gasteiger partial charge in [-0.2, -0.15) is 26.3 Å². The number of Topliss-reactive ketones (excluding diaryl/α,β-unsaturated/α-hetero) is 2. The molecule has 2 aromatic carbocycles. The first-order valence-corrected chi connectivity index (χ1v) is 14.9. The van der Waals surface area contributed by atoms with E-state index < -0.39 is 44.7 Å². The zero-order chi connectivity index (χ0) is 34.8. The number of amides is 1. The molecule has 0 spiro atoms. The molecular formula is C29H30F6N4O6S. The van der Waals surface area contributed by atoms with Gasteiger partial charge >= 0.3 is 23.9 Å². The van der Waals surface area contributed by atoms with Gasteiger partial charge in [-0.3, -0.25) is 14.4 Å². The molecule has 46 heavy (non-hydrogen) atoms. The monoisotopic (exact) mass is 676 g/mol. The van der Waals surface area contributed by atoms with E-state index >= 15 is 0 Å². The average Bonchev–Trinajstić information content (AvgIpc) is 3.54. The Hall–Kier alpha value is -4.25. The fourth-order valence-electron chi connectivity index (χ4n) is 4.58. The number of sulfonamides is 1. The number of alkyl halides is 6. The lowest BCUT2D eigenvalue weighted by atomic mass is 10.0. The summed E-state index contributed by atoms with van der Waals surface area (Å²) in [5.41, 5.74) is 9.01. The van der Waals surface area contributed by atoms with Crippen molar-refractivity contribution < 1.29 is 53.9 Å². The van der Waals surface area contributed by atoms with Gasteiger partial charge in [0, 0.05) is 0 Å². The number of aromatic amines is 1. The molecule has 2 atom stereocenters. The Balaban J connectivity index is 0.000000409. The topological polar surface area (TPSA) is 153 Å². The third kappa shape index (κ3) is 8.31. The predicted molar refractivity (Wildman–Crippen MR) is 153 cm³/mol. The van der Waals surface area contributed by atoms with Crippen molar-refractivity contribution in [3.8, 4) is 17.0 Å². The number of nitrogens with zero attached hydrogens (tertiary/aromatic N) is 2. The van der Waals surface area contributed by atoms with Crippen LogP contribution in [0.25, 0.3) is 11.3 Å². The molecule has 1 aliphatic heterocycles. The molecule has 2 heterocycles. The van der Waals surface area contributed by atoms with Crippen LogP contribution in [0.15, 0.2) is 54.7 Å². The van der Waals surface area contributed by atoms with Crippen LogP contribution in [0.5, 0.6) is 5.75 Å². The molecule has 2 unspecified atom stereocenters. The maximum Gasteiger partial charge on any atom is 0.458 e. The van der Waals surface area contributed by atoms with Crippen LogP contribution in [-0.4, -0.2) is 65.2 Å². The van der Waals surface area contributed by atoms with Crippen molar-refractivity contribution in [1.82, 2.24) is 14.3 Å². The Bertz CT molecular complexity index is 1650. The van der Waals surface area contributed by atoms with Crippen LogP contribution in [0.1, 0.15) is 55.4 Å². The van der Waals surface area contributed by atoms with Crippen molar-refractivity contribution in [1.29, 1.82) is 0 Å². The second-order valence-electron chi connectivity index (χ2n) is 11.2. The molecule has 17 heteroatoms. The summed E-state index contributed by atoms with van der Waals surface area (Å²) in [4.78, 5) is 39.4. The fourth-order valence-corrected chi connectivity index (χ4v) is 6.81. The molecule has 1 fully saturated rings. The number of rotatable bonds is 7. The molecule has 3 aromatic rings. The highest BCUT2D eigenvalue weighted by atomic mass is 32.2. The van der Waals surface area contributed by atoms with Gasteiger partial charge in [0.05, 0.1) is 37.0 Å². The van der Waals surface area contributed by atoms with Crippen LogP contribution in [-0.2, 0) is 30.8 Å². The quantitative estimate of drug-likeness (QED) is 0.263. The van der Waals surface area contributed by atoms with Crippen LogP contribution >= 0.6 is 0 Å². The van der Waals surface area contributed by atoms with Crippen molar-refractivity contribution in [3.63, 3.8) is 0 Å². The molecule has 3 N–H and O–H groups in total. The van der Waals surface area contributed by atoms with Gasteiger partial charge in [-0.15, -0.1) is 0 Å². The highest BCUT2D eigenvalue weighted by molar-refractivity contribution is 7.90. The molecule has 0 bridgehead atoms. The molecule has 1 amide bonds. The molecular weight excluding hydrogens is 646 g/mol. The number of carbonyl (C=O) groups is 3. The van der Waals surface area contributed by atoms with Crippen LogP contribution in [0.2, 0.25) is 0 Å². The van der Waals surface area contributed by atoms with Gasteiger partial charge in [-0.1, -0.05) is 24.3 Å². The van der Waals surface area contributed by atoms with Crippen molar-refractivity contribution in [2.75, 3.05) is 7.11 Å². The Morgan fingerprint density at radius 2 is 1.50 bits per heavy atom. The highest BCUT2D eigenvalue weighted by Gasteiger charge is 2.54. The van der Waals surface area contributed by atoms with Gasteiger partial charge in [0.2, 0.25) is 15.9 Å². The summed E-state index contributed by atoms with van der Waals surface area (Å²) in [5, 5.41) is -0.862. The lowest BCUT2D eigenvalue weighted by molar-refractivity contribution is -0.193. The summed E-state index contributed by atoms with van der Waals surface area (Å²) < 4.78 is 99.2. The molecule has 0 aliphatic carbocycles. The predicted octanol–water partition coefficient (Wildman–Crippen LogP) is 4.98. The number of nitrogens with two attached hydrogens (primary N) is 1. The minimum absolute atomic E-state index is 0.0427. The third-order valence-electron chi connectivity index (χ3n) is 6.69. The largest absolute Gasteiger partial charge is 0.497 e. The second-order valence-corrected chi connectivity index (χ2v) is 13.1. The maximum atomic E-state index is 13.0. The maximum absolute atomic E-state index is 13.0. The number of benzene rings is 2. The molecule has 0 saturated carbocycles. The Morgan fingerprint density at radius 3 is 1.93 bits per heavy atom. The molecule has 1 aliphatic rings. The Morgan fingerprint density at radius 1 is 0.978 bits per heavy atom. The van der Waals surface area contributed by atoms with Gasteiger partial charge in [0.25, 0.3) is 0 Å². The highest BCUT2D eigenvalue weighted by Crippen LogP contribution is 2.40. The number of carbonyl (C=O) groups excluding carboxylic acids is 3. The SMILES string of the molecule is COc1ccc(-c2cnc(C(N)Cc3ccc(C4CC(=O)N(C(C)(C)C)S4(=O)=O)cc3)[nH]2)cc1.O=C(C(=O)C(F)(F)F)C(F)(F)F. The summed E-state index contributed by atoms with van der Waals surface area (Å²) in [7, 11) is -2.13. The van der Waals surface area contributed by atoms with Gasteiger partial charge in [-0.05, 0) is 68.1 Å². The molecule has 0 radical (unpaired) electrons. The summed E-state index contributed by atoms with van der Waals surface area (Å²) in [6, 6.07) is 14.6. The van der Waals surface area contributed by atoms with E-state index in [4.69, 9.17) is 10.5 Å². The van der Waals surface area contributed by atoms with E-state index in [-0.39, 0.29) is 18.4 Å². The van der Waals surface area contributed by atoms with Crippen molar-refractivity contribution in [3.05, 3.63) is 71.7 Å². The van der Waals surface area contributed by atoms with Gasteiger partial charge in [0.15, 0.2) is 0 Å². The molecule has 10 nitrogen and oxygen atoms in total. The Labute approximate surface area is 260 Å². The average molecular weight is 677 g/mol. The first-order chi connectivity index (χ1) is 21.1. The van der Waals surface area contributed by atoms with Crippen molar-refractivity contribution >= 4 is 27.5 Å². The van der Waals surface area contributed by atoms with Crippen molar-refractivity contribution in [2.45, 2.75) is 62.8 Å². The lowest BCUT2D eigenvalue weighted by Gasteiger charge is -2.30. The number of halogens is 6. The van der Waals surface area contributed by atoms with Gasteiger partial charge < -0.3 is 15.5 Å². The van der Waals surface area contributed by atoms with E-state index in [0.29, 0.717) is 17.8 Å². The van der Waals surface area contributed by atoms with E-state index in [0.717, 1.165) is 26.9 Å². The van der Waals surface area contributed by atoms with E-state index in [9.17, 15) is 49.1 Å². The third-order valence-corrected chi connectivity index (χ3v) is 9.10. The summed E-state index contributed by atoms with van der Waals surface area (Å²) in [5.74, 6) is -5.73. The first kappa shape index (κ1) is 36.2. The minimum Gasteiger partial charge on any atom is -0.497 e. The zero-order valence-electron chi connectivity index (χ0n) is 24.9. The van der Waals surface area contributed by atoms with Gasteiger partial charge in [0.1, 0.15) is 16.8 Å². The Kier molecular flexibility index (Phi) is 10.4. The number of ether oxygens (including phenoxy) is 1. The van der Waals surface area contributed by atoms with Crippen LogP contribution in [0.4, 0.5) is 26.3 Å². The number of imidazole rings is 1. The summed E-state index contributed by atoms with van der Waals surface area (Å²) in [6.45, 7) is 5.18. The summed E-state index contributed by atoms with van der Waals surface area (Å²) in [6.07, 6.45) is -9.30. The number of ketones is 2. The molecule has 4 rings (SSSR count). The number of hydrogen-bond acceptors (Lipinski definition) is 8. The van der Waals surface area contributed by atoms with E-state index in [1.54, 1.807) is 46.2 Å². The zero-order valence-corrected chi connectivity index (χ0v) is 25.7. The van der Waals surface area contributed by atoms with Crippen LogP contribution in [0, 0.1) is 0 Å². The van der Waals surface area contributed by atoms with Crippen molar-refractivity contribution in [2.24, 2.45) is 5.73 Å². The van der Waals surface area contributed by atoms with Crippen LogP contribution in [0.3, 0.4) is 0 Å². The van der Waals surface area contributed by atoms with E-state index in [2.05, 4.69) is 9.97 Å². The van der Waals surface area contributed by atoms with Gasteiger partial charge in [-0.25, -0.2) is 17.7 Å². The van der Waals surface area contributed by atoms with E-state index in [1.807, 2.05) is 36.4 Å². The van der Waals surface area contributed by atoms with E-state index in [1.165, 1.54) is 0 Å². The normalized spacial score (nSPS) is 17.2. The fraction of sp³-hybridized carbons (Fsp3) is 0.379. The molecule has 1 saturated heterocycles. The summed E-state index contributed by atoms with van der Waals surface area (Å²) >= 11 is 0. The lowest BCUT2D eigenvalue weighted by Crippen LogP contribution is -2.45. The number of hydrogen-bond donors (Lipinski definition) is 2. The second kappa shape index (κ2) is 13.2. The molecule has 250 valence electrons. The number of H-pyrrole nitrogens is 1. The first-order valence-electron chi connectivity index (χ1n) is 13.4. The van der Waals surface area contributed by atoms with Crippen LogP contribution < -0.4 is 10.5 Å². The number of aromatic nitrogens is 2. The number of methoxy groups -OCH3 is 1. The molecule has 1 aromatic heterocycles.